The van der Waals surface area contributed by atoms with Gasteiger partial charge in [0, 0.05) is 17.8 Å². The van der Waals surface area contributed by atoms with Gasteiger partial charge in [0.05, 0.1) is 33.3 Å². The van der Waals surface area contributed by atoms with Gasteiger partial charge in [0.1, 0.15) is 5.75 Å². The zero-order chi connectivity index (χ0) is 18.8. The van der Waals surface area contributed by atoms with Crippen molar-refractivity contribution in [3.63, 3.8) is 0 Å². The van der Waals surface area contributed by atoms with Crippen LogP contribution in [0.15, 0.2) is 24.3 Å². The van der Waals surface area contributed by atoms with E-state index in [4.69, 9.17) is 4.74 Å². The predicted octanol–water partition coefficient (Wildman–Crippen LogP) is 1.88. The number of unbranched alkanes of at least 4 members (excludes halogenated alkanes) is 3. The van der Waals surface area contributed by atoms with Crippen LogP contribution in [0, 0.1) is 0 Å². The Hall–Kier alpha value is -1.75. The summed E-state index contributed by atoms with van der Waals surface area (Å²) in [5, 5.41) is 3.17. The molecule has 0 bridgehead atoms. The third-order valence-electron chi connectivity index (χ3n) is 5.20. The molecule has 1 aliphatic rings. The van der Waals surface area contributed by atoms with Crippen molar-refractivity contribution in [2.45, 2.75) is 52.0 Å². The fourth-order valence-corrected chi connectivity index (χ4v) is 3.57. The van der Waals surface area contributed by atoms with Gasteiger partial charge >= 0.3 is 0 Å². The molecule has 2 rings (SSSR count). The van der Waals surface area contributed by atoms with Crippen molar-refractivity contribution in [1.82, 2.24) is 5.32 Å². The summed E-state index contributed by atoms with van der Waals surface area (Å²) in [6.45, 7) is 8.88. The number of hydrogen-bond acceptors (Lipinski definition) is 3. The van der Waals surface area contributed by atoms with E-state index >= 15 is 0 Å². The minimum Gasteiger partial charge on any atom is -0.497 e. The average molecular weight is 363 g/mol. The Morgan fingerprint density at radius 2 is 2.04 bits per heavy atom. The van der Waals surface area contributed by atoms with E-state index in [1.807, 2.05) is 12.1 Å². The zero-order valence-electron chi connectivity index (χ0n) is 16.7. The Labute approximate surface area is 158 Å². The number of benzene rings is 1. The molecule has 0 unspecified atom stereocenters. The molecule has 0 spiro atoms. The Kier molecular flexibility index (Phi) is 8.75. The minimum atomic E-state index is 0.192. The number of nitrogens with zero attached hydrogens (tertiary/aromatic N) is 1. The highest BCUT2D eigenvalue weighted by atomic mass is 16.5. The number of ether oxygens (including phenoxy) is 1. The summed E-state index contributed by atoms with van der Waals surface area (Å²) in [4.78, 5) is 16.0. The van der Waals surface area contributed by atoms with Crippen LogP contribution in [-0.2, 0) is 4.79 Å². The SMILES string of the molecule is CCCCCC[C@@H](C)NC(=O)C[NH+]1CCN(c2cccc(OC)c2)CC1. The number of hydrogen-bond donors (Lipinski definition) is 2. The number of methoxy groups -OCH3 is 1. The van der Waals surface area contributed by atoms with Crippen molar-refractivity contribution in [3.8, 4) is 5.75 Å². The van der Waals surface area contributed by atoms with Crippen LogP contribution in [-0.4, -0.2) is 51.8 Å². The molecule has 0 aliphatic carbocycles. The number of nitrogens with one attached hydrogen (secondary N) is 2. The van der Waals surface area contributed by atoms with E-state index in [2.05, 4.69) is 36.2 Å². The third kappa shape index (κ3) is 6.87. The molecular formula is C21H36N3O2+. The topological polar surface area (TPSA) is 46.0 Å². The third-order valence-corrected chi connectivity index (χ3v) is 5.20. The first-order chi connectivity index (χ1) is 12.6. The maximum atomic E-state index is 12.3. The quantitative estimate of drug-likeness (QED) is 0.625. The standard InChI is InChI=1S/C21H35N3O2/c1-4-5-6-7-9-18(2)22-21(25)17-23-12-14-24(15-13-23)19-10-8-11-20(16-19)26-3/h8,10-11,16,18H,4-7,9,12-15,17H2,1-3H3,(H,22,25)/p+1/t18-/m1/s1. The summed E-state index contributed by atoms with van der Waals surface area (Å²) in [5.74, 6) is 1.09. The summed E-state index contributed by atoms with van der Waals surface area (Å²) in [6, 6.07) is 8.50. The lowest BCUT2D eigenvalue weighted by atomic mass is 10.1. The molecule has 1 aliphatic heterocycles. The lowest BCUT2D eigenvalue weighted by molar-refractivity contribution is -0.892. The van der Waals surface area contributed by atoms with Gasteiger partial charge in [-0.05, 0) is 25.5 Å². The monoisotopic (exact) mass is 362 g/mol. The minimum absolute atomic E-state index is 0.192. The van der Waals surface area contributed by atoms with Crippen molar-refractivity contribution in [2.75, 3.05) is 44.7 Å². The Balaban J connectivity index is 1.68. The molecule has 1 atom stereocenters. The number of carbonyl (C=O) groups is 1. The van der Waals surface area contributed by atoms with E-state index in [9.17, 15) is 4.79 Å². The second-order valence-electron chi connectivity index (χ2n) is 7.43. The second-order valence-corrected chi connectivity index (χ2v) is 7.43. The van der Waals surface area contributed by atoms with Crippen molar-refractivity contribution in [2.24, 2.45) is 0 Å². The van der Waals surface area contributed by atoms with Crippen molar-refractivity contribution < 1.29 is 14.4 Å². The zero-order valence-corrected chi connectivity index (χ0v) is 16.7. The summed E-state index contributed by atoms with van der Waals surface area (Å²) >= 11 is 0. The van der Waals surface area contributed by atoms with Crippen LogP contribution in [0.2, 0.25) is 0 Å². The Morgan fingerprint density at radius 1 is 1.27 bits per heavy atom. The molecular weight excluding hydrogens is 326 g/mol. The van der Waals surface area contributed by atoms with Crippen molar-refractivity contribution in [3.05, 3.63) is 24.3 Å². The number of carbonyl (C=O) groups excluding carboxylic acids is 1. The maximum absolute atomic E-state index is 12.3. The van der Waals surface area contributed by atoms with Gasteiger partial charge < -0.3 is 19.9 Å². The molecule has 1 fully saturated rings. The van der Waals surface area contributed by atoms with E-state index < -0.39 is 0 Å². The highest BCUT2D eigenvalue weighted by Gasteiger charge is 2.23. The summed E-state index contributed by atoms with van der Waals surface area (Å²) in [6.07, 6.45) is 6.12. The van der Waals surface area contributed by atoms with Gasteiger partial charge in [-0.25, -0.2) is 0 Å². The number of piperazine rings is 1. The average Bonchev–Trinajstić information content (AvgIpc) is 2.66. The highest BCUT2D eigenvalue weighted by molar-refractivity contribution is 5.77. The normalized spacial score (nSPS) is 16.3. The van der Waals surface area contributed by atoms with Gasteiger partial charge in [0.15, 0.2) is 6.54 Å². The van der Waals surface area contributed by atoms with E-state index in [0.29, 0.717) is 6.54 Å². The number of quaternary nitrogens is 1. The number of amides is 1. The van der Waals surface area contributed by atoms with Crippen LogP contribution < -0.4 is 19.9 Å². The summed E-state index contributed by atoms with van der Waals surface area (Å²) < 4.78 is 5.31. The molecule has 1 amide bonds. The van der Waals surface area contributed by atoms with Crippen LogP contribution in [0.25, 0.3) is 0 Å². The van der Waals surface area contributed by atoms with Gasteiger partial charge in [-0.2, -0.15) is 0 Å². The van der Waals surface area contributed by atoms with E-state index in [1.165, 1.54) is 36.3 Å². The summed E-state index contributed by atoms with van der Waals surface area (Å²) in [5.41, 5.74) is 1.20. The fraction of sp³-hybridized carbons (Fsp3) is 0.667. The van der Waals surface area contributed by atoms with Gasteiger partial charge in [-0.1, -0.05) is 38.7 Å². The molecule has 1 aromatic rings. The molecule has 1 saturated heterocycles. The first-order valence-electron chi connectivity index (χ1n) is 10.1. The Morgan fingerprint density at radius 3 is 2.73 bits per heavy atom. The first-order valence-corrected chi connectivity index (χ1v) is 10.1. The van der Waals surface area contributed by atoms with E-state index in [0.717, 1.165) is 38.3 Å². The molecule has 0 saturated carbocycles. The van der Waals surface area contributed by atoms with Gasteiger partial charge in [0.25, 0.3) is 5.91 Å². The fourth-order valence-electron chi connectivity index (χ4n) is 3.57. The number of anilines is 1. The molecule has 1 heterocycles. The predicted molar refractivity (Wildman–Crippen MR) is 107 cm³/mol. The number of rotatable bonds is 10. The first kappa shape index (κ1) is 20.6. The largest absolute Gasteiger partial charge is 0.497 e. The van der Waals surface area contributed by atoms with Crippen molar-refractivity contribution in [1.29, 1.82) is 0 Å². The van der Waals surface area contributed by atoms with Gasteiger partial charge in [0.2, 0.25) is 0 Å². The Bertz CT molecular complexity index is 542. The summed E-state index contributed by atoms with van der Waals surface area (Å²) in [7, 11) is 1.70. The van der Waals surface area contributed by atoms with Crippen LogP contribution in [0.1, 0.15) is 46.0 Å². The highest BCUT2D eigenvalue weighted by Crippen LogP contribution is 2.20. The smallest absolute Gasteiger partial charge is 0.275 e. The molecule has 146 valence electrons. The molecule has 2 N–H and O–H groups in total. The van der Waals surface area contributed by atoms with Crippen LogP contribution in [0.5, 0.6) is 5.75 Å². The van der Waals surface area contributed by atoms with Crippen LogP contribution in [0.3, 0.4) is 0 Å². The molecule has 26 heavy (non-hydrogen) atoms. The maximum Gasteiger partial charge on any atom is 0.275 e. The molecule has 5 heteroatoms. The second kappa shape index (κ2) is 11.1. The van der Waals surface area contributed by atoms with E-state index in [-0.39, 0.29) is 11.9 Å². The molecule has 0 radical (unpaired) electrons. The lowest BCUT2D eigenvalue weighted by Gasteiger charge is -2.33. The van der Waals surface area contributed by atoms with Gasteiger partial charge in [-0.15, -0.1) is 0 Å². The van der Waals surface area contributed by atoms with Gasteiger partial charge in [-0.3, -0.25) is 4.79 Å². The van der Waals surface area contributed by atoms with Crippen LogP contribution >= 0.6 is 0 Å². The van der Waals surface area contributed by atoms with Crippen molar-refractivity contribution >= 4 is 11.6 Å². The van der Waals surface area contributed by atoms with E-state index in [1.54, 1.807) is 7.11 Å². The molecule has 0 aromatic heterocycles. The lowest BCUT2D eigenvalue weighted by Crippen LogP contribution is -3.16. The molecule has 1 aromatic carbocycles. The molecule has 5 nitrogen and oxygen atoms in total. The van der Waals surface area contributed by atoms with Crippen LogP contribution in [0.4, 0.5) is 5.69 Å².